The second-order valence-corrected chi connectivity index (χ2v) is 9.13. The first-order chi connectivity index (χ1) is 13.3. The van der Waals surface area contributed by atoms with Crippen molar-refractivity contribution >= 4 is 5.97 Å². The SMILES string of the molecule is CCCCCCCCCCCCOC(=O)Cc1cc(O)c(C(C)(C)C)cc1C. The van der Waals surface area contributed by atoms with E-state index >= 15 is 0 Å². The number of hydrogen-bond acceptors (Lipinski definition) is 3. The average molecular weight is 391 g/mol. The van der Waals surface area contributed by atoms with Crippen molar-refractivity contribution in [1.29, 1.82) is 0 Å². The van der Waals surface area contributed by atoms with Crippen LogP contribution in [0.1, 0.15) is 109 Å². The Morgan fingerprint density at radius 2 is 1.46 bits per heavy atom. The van der Waals surface area contributed by atoms with Crippen molar-refractivity contribution in [3.8, 4) is 5.75 Å². The van der Waals surface area contributed by atoms with Gasteiger partial charge in [-0.25, -0.2) is 0 Å². The van der Waals surface area contributed by atoms with Gasteiger partial charge in [-0.2, -0.15) is 0 Å². The van der Waals surface area contributed by atoms with Gasteiger partial charge in [-0.05, 0) is 41.5 Å². The van der Waals surface area contributed by atoms with Gasteiger partial charge in [0.1, 0.15) is 5.75 Å². The molecule has 0 unspecified atom stereocenters. The van der Waals surface area contributed by atoms with Gasteiger partial charge in [-0.15, -0.1) is 0 Å². The van der Waals surface area contributed by atoms with Gasteiger partial charge in [-0.1, -0.05) is 91.5 Å². The standard InChI is InChI=1S/C25H42O3/c1-6-7-8-9-10-11-12-13-14-15-16-28-24(27)19-21-18-23(26)22(17-20(21)2)25(3,4)5/h17-18,26H,6-16,19H2,1-5H3. The highest BCUT2D eigenvalue weighted by atomic mass is 16.5. The monoisotopic (exact) mass is 390 g/mol. The maximum absolute atomic E-state index is 12.1. The van der Waals surface area contributed by atoms with Gasteiger partial charge < -0.3 is 9.84 Å². The molecule has 1 aromatic rings. The summed E-state index contributed by atoms with van der Waals surface area (Å²) in [5.41, 5.74) is 2.66. The number of unbranched alkanes of at least 4 members (excludes halogenated alkanes) is 9. The Labute approximate surface area is 172 Å². The van der Waals surface area contributed by atoms with Crippen molar-refractivity contribution in [2.75, 3.05) is 6.61 Å². The van der Waals surface area contributed by atoms with Crippen LogP contribution in [0.5, 0.6) is 5.75 Å². The molecule has 160 valence electrons. The summed E-state index contributed by atoms with van der Waals surface area (Å²) in [6.45, 7) is 11.0. The Morgan fingerprint density at radius 3 is 2.00 bits per heavy atom. The minimum Gasteiger partial charge on any atom is -0.508 e. The third-order valence-electron chi connectivity index (χ3n) is 5.36. The normalized spacial score (nSPS) is 11.6. The number of phenols is 1. The highest BCUT2D eigenvalue weighted by Gasteiger charge is 2.20. The Morgan fingerprint density at radius 1 is 0.929 bits per heavy atom. The van der Waals surface area contributed by atoms with Crippen LogP contribution in [0.25, 0.3) is 0 Å². The van der Waals surface area contributed by atoms with Crippen LogP contribution < -0.4 is 0 Å². The molecule has 0 aromatic heterocycles. The van der Waals surface area contributed by atoms with E-state index in [1.54, 1.807) is 6.07 Å². The van der Waals surface area contributed by atoms with Crippen LogP contribution in [0.15, 0.2) is 12.1 Å². The van der Waals surface area contributed by atoms with E-state index in [0.29, 0.717) is 6.61 Å². The summed E-state index contributed by atoms with van der Waals surface area (Å²) in [4.78, 5) is 12.1. The van der Waals surface area contributed by atoms with Crippen LogP contribution in [-0.4, -0.2) is 17.7 Å². The Hall–Kier alpha value is -1.51. The molecule has 0 spiro atoms. The largest absolute Gasteiger partial charge is 0.508 e. The van der Waals surface area contributed by atoms with Gasteiger partial charge in [0, 0.05) is 0 Å². The number of benzene rings is 1. The van der Waals surface area contributed by atoms with Crippen LogP contribution in [0.2, 0.25) is 0 Å². The molecule has 0 radical (unpaired) electrons. The number of hydrogen-bond donors (Lipinski definition) is 1. The topological polar surface area (TPSA) is 46.5 Å². The molecule has 0 saturated heterocycles. The van der Waals surface area contributed by atoms with E-state index in [4.69, 9.17) is 4.74 Å². The third-order valence-corrected chi connectivity index (χ3v) is 5.36. The fraction of sp³-hybridized carbons (Fsp3) is 0.720. The molecule has 0 saturated carbocycles. The number of carbonyl (C=O) groups is 1. The van der Waals surface area contributed by atoms with Crippen LogP contribution in [0.3, 0.4) is 0 Å². The van der Waals surface area contributed by atoms with Crippen LogP contribution in [-0.2, 0) is 21.4 Å². The van der Waals surface area contributed by atoms with Gasteiger partial charge in [0.15, 0.2) is 0 Å². The Kier molecular flexibility index (Phi) is 11.3. The van der Waals surface area contributed by atoms with E-state index in [0.717, 1.165) is 29.5 Å². The molecular weight excluding hydrogens is 348 g/mol. The number of aromatic hydroxyl groups is 1. The molecule has 3 nitrogen and oxygen atoms in total. The summed E-state index contributed by atoms with van der Waals surface area (Å²) in [6.07, 6.45) is 12.9. The zero-order chi connectivity index (χ0) is 21.0. The second-order valence-electron chi connectivity index (χ2n) is 9.13. The minimum absolute atomic E-state index is 0.122. The molecule has 3 heteroatoms. The molecule has 1 N–H and O–H groups in total. The fourth-order valence-electron chi connectivity index (χ4n) is 3.51. The molecule has 0 amide bonds. The molecule has 0 fully saturated rings. The second kappa shape index (κ2) is 12.9. The summed E-state index contributed by atoms with van der Waals surface area (Å²) in [5.74, 6) is 0.0533. The molecule has 0 aliphatic rings. The molecule has 0 aliphatic heterocycles. The minimum atomic E-state index is -0.207. The number of esters is 1. The van der Waals surface area contributed by atoms with Crippen molar-refractivity contribution in [2.45, 2.75) is 111 Å². The summed E-state index contributed by atoms with van der Waals surface area (Å²) in [6, 6.07) is 3.71. The van der Waals surface area contributed by atoms with E-state index < -0.39 is 0 Å². The smallest absolute Gasteiger partial charge is 0.310 e. The van der Waals surface area contributed by atoms with E-state index in [9.17, 15) is 9.90 Å². The summed E-state index contributed by atoms with van der Waals surface area (Å²) in [7, 11) is 0. The molecule has 0 heterocycles. The zero-order valence-corrected chi connectivity index (χ0v) is 18.9. The molecular formula is C25H42O3. The fourth-order valence-corrected chi connectivity index (χ4v) is 3.51. The first kappa shape index (κ1) is 24.5. The zero-order valence-electron chi connectivity index (χ0n) is 18.9. The first-order valence-corrected chi connectivity index (χ1v) is 11.2. The molecule has 0 aliphatic carbocycles. The van der Waals surface area contributed by atoms with Crippen molar-refractivity contribution < 1.29 is 14.6 Å². The average Bonchev–Trinajstić information content (AvgIpc) is 2.61. The lowest BCUT2D eigenvalue weighted by molar-refractivity contribution is -0.142. The molecule has 0 bridgehead atoms. The maximum atomic E-state index is 12.1. The van der Waals surface area contributed by atoms with E-state index in [1.807, 2.05) is 13.0 Å². The van der Waals surface area contributed by atoms with Gasteiger partial charge in [0.2, 0.25) is 0 Å². The van der Waals surface area contributed by atoms with Gasteiger partial charge in [0.05, 0.1) is 13.0 Å². The lowest BCUT2D eigenvalue weighted by atomic mass is 9.84. The van der Waals surface area contributed by atoms with E-state index in [2.05, 4.69) is 27.7 Å². The van der Waals surface area contributed by atoms with Crippen LogP contribution >= 0.6 is 0 Å². The van der Waals surface area contributed by atoms with Gasteiger partial charge >= 0.3 is 5.97 Å². The number of ether oxygens (including phenoxy) is 1. The van der Waals surface area contributed by atoms with Gasteiger partial charge in [-0.3, -0.25) is 4.79 Å². The Balaban J connectivity index is 2.21. The van der Waals surface area contributed by atoms with Crippen molar-refractivity contribution in [1.82, 2.24) is 0 Å². The summed E-state index contributed by atoms with van der Waals surface area (Å²) in [5, 5.41) is 10.3. The van der Waals surface area contributed by atoms with Crippen molar-refractivity contribution in [3.05, 3.63) is 28.8 Å². The quantitative estimate of drug-likeness (QED) is 0.291. The summed E-state index contributed by atoms with van der Waals surface area (Å²) >= 11 is 0. The summed E-state index contributed by atoms with van der Waals surface area (Å²) < 4.78 is 5.39. The molecule has 1 rings (SSSR count). The van der Waals surface area contributed by atoms with E-state index in [-0.39, 0.29) is 23.6 Å². The Bertz CT molecular complexity index is 584. The highest BCUT2D eigenvalue weighted by molar-refractivity contribution is 5.73. The number of aryl methyl sites for hydroxylation is 1. The molecule has 1 aromatic carbocycles. The molecule has 28 heavy (non-hydrogen) atoms. The number of carbonyl (C=O) groups excluding carboxylic acids is 1. The van der Waals surface area contributed by atoms with Crippen LogP contribution in [0.4, 0.5) is 0 Å². The van der Waals surface area contributed by atoms with Gasteiger partial charge in [0.25, 0.3) is 0 Å². The predicted octanol–water partition coefficient (Wildman–Crippen LogP) is 7.00. The lowest BCUT2D eigenvalue weighted by Crippen LogP contribution is -2.14. The molecule has 0 atom stereocenters. The van der Waals surface area contributed by atoms with Crippen molar-refractivity contribution in [2.24, 2.45) is 0 Å². The lowest BCUT2D eigenvalue weighted by Gasteiger charge is -2.22. The van der Waals surface area contributed by atoms with Crippen LogP contribution in [0, 0.1) is 6.92 Å². The highest BCUT2D eigenvalue weighted by Crippen LogP contribution is 2.33. The first-order valence-electron chi connectivity index (χ1n) is 11.2. The van der Waals surface area contributed by atoms with E-state index in [1.165, 1.54) is 51.4 Å². The predicted molar refractivity (Wildman–Crippen MR) is 118 cm³/mol. The number of phenolic OH excluding ortho intramolecular Hbond substituents is 1. The third kappa shape index (κ3) is 9.61. The van der Waals surface area contributed by atoms with Crippen molar-refractivity contribution in [3.63, 3.8) is 0 Å². The maximum Gasteiger partial charge on any atom is 0.310 e. The number of rotatable bonds is 13.